The molecule has 0 heterocycles. The Labute approximate surface area is 146 Å². The molecule has 0 fully saturated rings. The molecule has 4 nitrogen and oxygen atoms in total. The van der Waals surface area contributed by atoms with Gasteiger partial charge in [0.05, 0.1) is 18.0 Å². The molecule has 0 aliphatic heterocycles. The number of rotatable bonds is 6. The summed E-state index contributed by atoms with van der Waals surface area (Å²) in [5, 5.41) is 4.44. The molecule has 2 aromatic rings. The molecule has 2 N–H and O–H groups in total. The van der Waals surface area contributed by atoms with Crippen molar-refractivity contribution in [3.63, 3.8) is 0 Å². The van der Waals surface area contributed by atoms with Gasteiger partial charge in [0.25, 0.3) is 0 Å². The monoisotopic (exact) mass is 368 g/mol. The zero-order valence-electron chi connectivity index (χ0n) is 13.2. The smallest absolute Gasteiger partial charge is 0.243 e. The number of benzene rings is 2. The number of hydrogen-bond acceptors (Lipinski definition) is 3. The maximum atomic E-state index is 13.4. The highest BCUT2D eigenvalue weighted by atomic mass is 32.2. The van der Waals surface area contributed by atoms with Gasteiger partial charge in [-0.1, -0.05) is 17.7 Å². The van der Waals surface area contributed by atoms with Gasteiger partial charge in [-0.25, -0.2) is 13.2 Å². The maximum Gasteiger partial charge on any atom is 0.243 e. The second kappa shape index (κ2) is 8.57. The number of carbonyl (C=O) groups is 2. The summed E-state index contributed by atoms with van der Waals surface area (Å²) in [5.74, 6) is -5.54. The molecule has 0 bridgehead atoms. The minimum Gasteiger partial charge on any atom is -0.346 e. The Bertz CT molecular complexity index is 782. The topological polar surface area (TPSA) is 58.2 Å². The summed E-state index contributed by atoms with van der Waals surface area (Å²) in [6.07, 6.45) is 0. The summed E-state index contributed by atoms with van der Waals surface area (Å²) in [7, 11) is 0. The third kappa shape index (κ3) is 5.53. The van der Waals surface area contributed by atoms with Gasteiger partial charge in [0.15, 0.2) is 17.5 Å². The second-order valence-electron chi connectivity index (χ2n) is 5.15. The quantitative estimate of drug-likeness (QED) is 0.608. The first-order valence-corrected chi connectivity index (χ1v) is 8.25. The Morgan fingerprint density at radius 1 is 0.960 bits per heavy atom. The summed E-state index contributed by atoms with van der Waals surface area (Å²) in [5.41, 5.74) is 0.613. The van der Waals surface area contributed by atoms with Gasteiger partial charge in [-0.05, 0) is 31.2 Å². The number of amides is 2. The van der Waals surface area contributed by atoms with Crippen LogP contribution in [0.1, 0.15) is 5.56 Å². The SMILES string of the molecule is Cc1ccc(SCC(=O)NCC(=O)Nc2ccc(F)c(F)c2F)cc1. The lowest BCUT2D eigenvalue weighted by atomic mass is 10.2. The molecule has 0 unspecified atom stereocenters. The van der Waals surface area contributed by atoms with E-state index in [-0.39, 0.29) is 11.7 Å². The summed E-state index contributed by atoms with van der Waals surface area (Å²) >= 11 is 1.30. The van der Waals surface area contributed by atoms with Gasteiger partial charge in [-0.2, -0.15) is 0 Å². The fraction of sp³-hybridized carbons (Fsp3) is 0.176. The second-order valence-corrected chi connectivity index (χ2v) is 6.20. The van der Waals surface area contributed by atoms with Crippen LogP contribution >= 0.6 is 11.8 Å². The summed E-state index contributed by atoms with van der Waals surface area (Å²) in [6, 6.07) is 9.21. The van der Waals surface area contributed by atoms with Crippen molar-refractivity contribution < 1.29 is 22.8 Å². The predicted molar refractivity (Wildman–Crippen MR) is 89.9 cm³/mol. The molecule has 0 saturated carbocycles. The van der Waals surface area contributed by atoms with Gasteiger partial charge in [0.1, 0.15) is 0 Å². The normalized spacial score (nSPS) is 10.4. The van der Waals surface area contributed by atoms with E-state index in [0.717, 1.165) is 16.5 Å². The van der Waals surface area contributed by atoms with Crippen LogP contribution in [0.2, 0.25) is 0 Å². The molecule has 0 radical (unpaired) electrons. The van der Waals surface area contributed by atoms with E-state index < -0.39 is 35.6 Å². The first-order chi connectivity index (χ1) is 11.9. The summed E-state index contributed by atoms with van der Waals surface area (Å²) < 4.78 is 39.3. The molecule has 0 spiro atoms. The number of thioether (sulfide) groups is 1. The van der Waals surface area contributed by atoms with E-state index in [2.05, 4.69) is 10.6 Å². The van der Waals surface area contributed by atoms with E-state index in [1.807, 2.05) is 31.2 Å². The third-order valence-corrected chi connectivity index (χ3v) is 4.16. The average molecular weight is 368 g/mol. The highest BCUT2D eigenvalue weighted by Gasteiger charge is 2.15. The third-order valence-electron chi connectivity index (χ3n) is 3.15. The Kier molecular flexibility index (Phi) is 6.46. The van der Waals surface area contributed by atoms with Crippen LogP contribution in [0, 0.1) is 24.4 Å². The zero-order valence-corrected chi connectivity index (χ0v) is 14.1. The van der Waals surface area contributed by atoms with E-state index >= 15 is 0 Å². The van der Waals surface area contributed by atoms with Gasteiger partial charge >= 0.3 is 0 Å². The van der Waals surface area contributed by atoms with Crippen molar-refractivity contribution in [3.05, 3.63) is 59.4 Å². The van der Waals surface area contributed by atoms with Crippen LogP contribution in [0.15, 0.2) is 41.3 Å². The Hall–Kier alpha value is -2.48. The Balaban J connectivity index is 1.78. The maximum absolute atomic E-state index is 13.4. The molecule has 0 aromatic heterocycles. The van der Waals surface area contributed by atoms with Crippen molar-refractivity contribution in [2.75, 3.05) is 17.6 Å². The van der Waals surface area contributed by atoms with Gasteiger partial charge < -0.3 is 10.6 Å². The number of anilines is 1. The molecular formula is C17H15F3N2O2S. The molecule has 0 aliphatic rings. The van der Waals surface area contributed by atoms with Gasteiger partial charge in [0.2, 0.25) is 11.8 Å². The summed E-state index contributed by atoms with van der Waals surface area (Å²) in [6.45, 7) is 1.54. The van der Waals surface area contributed by atoms with Crippen LogP contribution in [0.3, 0.4) is 0 Å². The van der Waals surface area contributed by atoms with Crippen LogP contribution in [0.25, 0.3) is 0 Å². The minimum atomic E-state index is -1.67. The molecular weight excluding hydrogens is 353 g/mol. The van der Waals surface area contributed by atoms with E-state index in [9.17, 15) is 22.8 Å². The fourth-order valence-electron chi connectivity index (χ4n) is 1.83. The van der Waals surface area contributed by atoms with E-state index in [0.29, 0.717) is 6.07 Å². The fourth-order valence-corrected chi connectivity index (χ4v) is 2.56. The van der Waals surface area contributed by atoms with Crippen molar-refractivity contribution in [1.82, 2.24) is 5.32 Å². The molecule has 0 saturated heterocycles. The average Bonchev–Trinajstić information content (AvgIpc) is 2.60. The highest BCUT2D eigenvalue weighted by molar-refractivity contribution is 8.00. The van der Waals surface area contributed by atoms with Crippen molar-refractivity contribution in [3.8, 4) is 0 Å². The largest absolute Gasteiger partial charge is 0.346 e. The van der Waals surface area contributed by atoms with E-state index in [4.69, 9.17) is 0 Å². The zero-order chi connectivity index (χ0) is 18.4. The van der Waals surface area contributed by atoms with Crippen LogP contribution in [-0.2, 0) is 9.59 Å². The van der Waals surface area contributed by atoms with Crippen LogP contribution < -0.4 is 10.6 Å². The molecule has 2 rings (SSSR count). The predicted octanol–water partition coefficient (Wildman–Crippen LogP) is 3.26. The lowest BCUT2D eigenvalue weighted by molar-refractivity contribution is -0.122. The number of halogens is 3. The van der Waals surface area contributed by atoms with Gasteiger partial charge in [-0.15, -0.1) is 11.8 Å². The van der Waals surface area contributed by atoms with Crippen LogP contribution in [-0.4, -0.2) is 24.1 Å². The van der Waals surface area contributed by atoms with E-state index in [1.54, 1.807) is 0 Å². The standard InChI is InChI=1S/C17H15F3N2O2S/c1-10-2-4-11(5-3-10)25-9-15(24)21-8-14(23)22-13-7-6-12(18)16(19)17(13)20/h2-7H,8-9H2,1H3,(H,21,24)(H,22,23). The molecule has 0 aliphatic carbocycles. The minimum absolute atomic E-state index is 0.107. The molecule has 0 atom stereocenters. The van der Waals surface area contributed by atoms with E-state index in [1.165, 1.54) is 11.8 Å². The number of hydrogen-bond donors (Lipinski definition) is 2. The molecule has 25 heavy (non-hydrogen) atoms. The number of nitrogens with one attached hydrogen (secondary N) is 2. The molecule has 2 amide bonds. The number of carbonyl (C=O) groups excluding carboxylic acids is 2. The lowest BCUT2D eigenvalue weighted by Gasteiger charge is -2.08. The first-order valence-electron chi connectivity index (χ1n) is 7.26. The first kappa shape index (κ1) is 18.9. The van der Waals surface area contributed by atoms with Crippen molar-refractivity contribution in [2.24, 2.45) is 0 Å². The molecule has 8 heteroatoms. The Morgan fingerprint density at radius 3 is 2.32 bits per heavy atom. The van der Waals surface area contributed by atoms with Crippen LogP contribution in [0.5, 0.6) is 0 Å². The van der Waals surface area contributed by atoms with Gasteiger partial charge in [-0.3, -0.25) is 9.59 Å². The molecule has 2 aromatic carbocycles. The Morgan fingerprint density at radius 2 is 1.64 bits per heavy atom. The molecule has 132 valence electrons. The van der Waals surface area contributed by atoms with Gasteiger partial charge in [0, 0.05) is 4.90 Å². The summed E-state index contributed by atoms with van der Waals surface area (Å²) in [4.78, 5) is 24.3. The van der Waals surface area contributed by atoms with Crippen LogP contribution in [0.4, 0.5) is 18.9 Å². The van der Waals surface area contributed by atoms with Crippen molar-refractivity contribution >= 4 is 29.3 Å². The highest BCUT2D eigenvalue weighted by Crippen LogP contribution is 2.19. The van der Waals surface area contributed by atoms with Crippen molar-refractivity contribution in [2.45, 2.75) is 11.8 Å². The van der Waals surface area contributed by atoms with Crippen molar-refractivity contribution in [1.29, 1.82) is 0 Å². The number of aryl methyl sites for hydroxylation is 1. The lowest BCUT2D eigenvalue weighted by Crippen LogP contribution is -2.34.